The Balaban J connectivity index is 1.76. The average molecular weight is 266 g/mol. The molecule has 3 amide bonds. The monoisotopic (exact) mass is 266 g/mol. The lowest BCUT2D eigenvalue weighted by atomic mass is 9.80. The van der Waals surface area contributed by atoms with Crippen LogP contribution in [0.5, 0.6) is 0 Å². The highest BCUT2D eigenvalue weighted by atomic mass is 16.5. The highest BCUT2D eigenvalue weighted by Gasteiger charge is 2.53. The molecule has 1 aliphatic carbocycles. The molecule has 1 saturated carbocycles. The smallest absolute Gasteiger partial charge is 0.325 e. The van der Waals surface area contributed by atoms with E-state index in [0.29, 0.717) is 12.5 Å². The summed E-state index contributed by atoms with van der Waals surface area (Å²) < 4.78 is 5.36. The summed E-state index contributed by atoms with van der Waals surface area (Å²) in [6.45, 7) is 2.27. The van der Waals surface area contributed by atoms with E-state index in [1.165, 1.54) is 6.42 Å². The first-order valence-electron chi connectivity index (χ1n) is 7.43. The third kappa shape index (κ3) is 2.24. The minimum absolute atomic E-state index is 0.0655. The Hall–Kier alpha value is -1.10. The van der Waals surface area contributed by atoms with Crippen LogP contribution < -0.4 is 5.32 Å². The van der Waals surface area contributed by atoms with Gasteiger partial charge in [0.25, 0.3) is 5.91 Å². The van der Waals surface area contributed by atoms with Crippen molar-refractivity contribution in [2.45, 2.75) is 50.5 Å². The van der Waals surface area contributed by atoms with E-state index in [4.69, 9.17) is 4.74 Å². The summed E-state index contributed by atoms with van der Waals surface area (Å²) >= 11 is 0. The summed E-state index contributed by atoms with van der Waals surface area (Å²) in [6.07, 6.45) is 6.91. The Morgan fingerprint density at radius 2 is 1.84 bits per heavy atom. The molecule has 3 fully saturated rings. The zero-order valence-electron chi connectivity index (χ0n) is 11.3. The largest absolute Gasteiger partial charge is 0.381 e. The molecule has 3 aliphatic rings. The maximum atomic E-state index is 12.2. The number of ether oxygens (including phenoxy) is 1. The van der Waals surface area contributed by atoms with Crippen molar-refractivity contribution in [1.82, 2.24) is 10.2 Å². The first kappa shape index (κ1) is 12.9. The van der Waals surface area contributed by atoms with Crippen LogP contribution in [0.15, 0.2) is 0 Å². The molecule has 106 valence electrons. The molecule has 0 aromatic carbocycles. The Labute approximate surface area is 113 Å². The lowest BCUT2D eigenvalue weighted by molar-refractivity contribution is -0.128. The van der Waals surface area contributed by atoms with E-state index in [-0.39, 0.29) is 11.9 Å². The first-order chi connectivity index (χ1) is 9.22. The van der Waals surface area contributed by atoms with E-state index < -0.39 is 5.54 Å². The van der Waals surface area contributed by atoms with Crippen LogP contribution in [0.4, 0.5) is 4.79 Å². The molecule has 0 aromatic rings. The molecular formula is C14H22N2O3. The van der Waals surface area contributed by atoms with Crippen molar-refractivity contribution in [2.24, 2.45) is 5.92 Å². The molecule has 2 aliphatic heterocycles. The molecule has 5 nitrogen and oxygen atoms in total. The summed E-state index contributed by atoms with van der Waals surface area (Å²) in [7, 11) is 0. The van der Waals surface area contributed by atoms with E-state index in [0.717, 1.165) is 51.7 Å². The molecule has 1 spiro atoms. The SMILES string of the molecule is O=C1NC(=O)C2(CCCCC2)N1CC1CCOCC1. The van der Waals surface area contributed by atoms with E-state index in [2.05, 4.69) is 5.32 Å². The number of urea groups is 1. The van der Waals surface area contributed by atoms with Crippen LogP contribution in [0.1, 0.15) is 44.9 Å². The number of amides is 3. The second-order valence-electron chi connectivity index (χ2n) is 6.02. The van der Waals surface area contributed by atoms with Crippen molar-refractivity contribution in [3.8, 4) is 0 Å². The fourth-order valence-corrected chi connectivity index (χ4v) is 3.68. The average Bonchev–Trinajstić information content (AvgIpc) is 2.66. The van der Waals surface area contributed by atoms with Crippen molar-refractivity contribution < 1.29 is 14.3 Å². The Morgan fingerprint density at radius 1 is 1.16 bits per heavy atom. The van der Waals surface area contributed by atoms with Gasteiger partial charge in [0, 0.05) is 19.8 Å². The van der Waals surface area contributed by atoms with Crippen molar-refractivity contribution in [1.29, 1.82) is 0 Å². The van der Waals surface area contributed by atoms with Gasteiger partial charge in [-0.05, 0) is 31.6 Å². The van der Waals surface area contributed by atoms with Crippen molar-refractivity contribution >= 4 is 11.9 Å². The van der Waals surface area contributed by atoms with Gasteiger partial charge in [0.15, 0.2) is 0 Å². The lowest BCUT2D eigenvalue weighted by Crippen LogP contribution is -2.52. The number of carbonyl (C=O) groups is 2. The van der Waals surface area contributed by atoms with Crippen LogP contribution in [0.2, 0.25) is 0 Å². The fraction of sp³-hybridized carbons (Fsp3) is 0.857. The topological polar surface area (TPSA) is 58.6 Å². The Bertz CT molecular complexity index is 371. The van der Waals surface area contributed by atoms with E-state index in [1.807, 2.05) is 4.90 Å². The van der Waals surface area contributed by atoms with Gasteiger partial charge in [0.2, 0.25) is 0 Å². The minimum Gasteiger partial charge on any atom is -0.381 e. The Kier molecular flexibility index (Phi) is 3.48. The van der Waals surface area contributed by atoms with Crippen LogP contribution in [0, 0.1) is 5.92 Å². The van der Waals surface area contributed by atoms with Crippen LogP contribution in [0.3, 0.4) is 0 Å². The predicted octanol–water partition coefficient (Wildman–Crippen LogP) is 1.67. The molecule has 2 heterocycles. The predicted molar refractivity (Wildman–Crippen MR) is 69.6 cm³/mol. The maximum absolute atomic E-state index is 12.2. The van der Waals surface area contributed by atoms with Gasteiger partial charge >= 0.3 is 6.03 Å². The molecule has 0 radical (unpaired) electrons. The van der Waals surface area contributed by atoms with Crippen LogP contribution in [-0.2, 0) is 9.53 Å². The normalized spacial score (nSPS) is 27.9. The van der Waals surface area contributed by atoms with Gasteiger partial charge < -0.3 is 9.64 Å². The quantitative estimate of drug-likeness (QED) is 0.773. The first-order valence-corrected chi connectivity index (χ1v) is 7.43. The summed E-state index contributed by atoms with van der Waals surface area (Å²) in [5.74, 6) is 0.411. The van der Waals surface area contributed by atoms with Gasteiger partial charge in [-0.1, -0.05) is 19.3 Å². The van der Waals surface area contributed by atoms with E-state index in [1.54, 1.807) is 0 Å². The van der Waals surface area contributed by atoms with Crippen LogP contribution in [-0.4, -0.2) is 42.1 Å². The van der Waals surface area contributed by atoms with Gasteiger partial charge in [0.05, 0.1) is 0 Å². The standard InChI is InChI=1S/C14H22N2O3/c17-12-14(6-2-1-3-7-14)16(13(18)15-12)10-11-4-8-19-9-5-11/h11H,1-10H2,(H,15,17,18). The van der Waals surface area contributed by atoms with E-state index in [9.17, 15) is 9.59 Å². The zero-order valence-corrected chi connectivity index (χ0v) is 11.3. The number of imide groups is 1. The van der Waals surface area contributed by atoms with Gasteiger partial charge in [0.1, 0.15) is 5.54 Å². The summed E-state index contributed by atoms with van der Waals surface area (Å²) in [5, 5.41) is 2.53. The van der Waals surface area contributed by atoms with Gasteiger partial charge in [-0.3, -0.25) is 10.1 Å². The molecule has 5 heteroatoms. The highest BCUT2D eigenvalue weighted by Crippen LogP contribution is 2.38. The van der Waals surface area contributed by atoms with Crippen molar-refractivity contribution in [3.63, 3.8) is 0 Å². The number of hydrogen-bond acceptors (Lipinski definition) is 3. The van der Waals surface area contributed by atoms with E-state index >= 15 is 0 Å². The molecule has 0 atom stereocenters. The Morgan fingerprint density at radius 3 is 2.53 bits per heavy atom. The number of hydrogen-bond donors (Lipinski definition) is 1. The minimum atomic E-state index is -0.534. The zero-order chi connectivity index (χ0) is 13.3. The molecule has 19 heavy (non-hydrogen) atoms. The second kappa shape index (κ2) is 5.12. The van der Waals surface area contributed by atoms with Crippen LogP contribution >= 0.6 is 0 Å². The third-order valence-electron chi connectivity index (χ3n) is 4.87. The van der Waals surface area contributed by atoms with Gasteiger partial charge in [-0.15, -0.1) is 0 Å². The van der Waals surface area contributed by atoms with Crippen molar-refractivity contribution in [2.75, 3.05) is 19.8 Å². The summed E-state index contributed by atoms with van der Waals surface area (Å²) in [4.78, 5) is 26.1. The summed E-state index contributed by atoms with van der Waals surface area (Å²) in [6, 6.07) is -0.182. The number of nitrogens with one attached hydrogen (secondary N) is 1. The van der Waals surface area contributed by atoms with Gasteiger partial charge in [-0.2, -0.15) is 0 Å². The molecule has 3 rings (SSSR count). The molecule has 0 bridgehead atoms. The number of carbonyl (C=O) groups excluding carboxylic acids is 2. The maximum Gasteiger partial charge on any atom is 0.325 e. The molecule has 0 unspecified atom stereocenters. The van der Waals surface area contributed by atoms with Crippen LogP contribution in [0.25, 0.3) is 0 Å². The van der Waals surface area contributed by atoms with Crippen molar-refractivity contribution in [3.05, 3.63) is 0 Å². The molecule has 2 saturated heterocycles. The number of rotatable bonds is 2. The summed E-state index contributed by atoms with van der Waals surface area (Å²) in [5.41, 5.74) is -0.534. The number of nitrogens with zero attached hydrogens (tertiary/aromatic N) is 1. The molecule has 1 N–H and O–H groups in total. The molecule has 0 aromatic heterocycles. The van der Waals surface area contributed by atoms with Gasteiger partial charge in [-0.25, -0.2) is 4.79 Å². The fourth-order valence-electron chi connectivity index (χ4n) is 3.68. The highest BCUT2D eigenvalue weighted by molar-refractivity contribution is 6.07. The second-order valence-corrected chi connectivity index (χ2v) is 6.02. The third-order valence-corrected chi connectivity index (χ3v) is 4.87. The molecular weight excluding hydrogens is 244 g/mol. The lowest BCUT2D eigenvalue weighted by Gasteiger charge is -2.40.